The molecule has 124 valence electrons. The Morgan fingerprint density at radius 3 is 2.61 bits per heavy atom. The fourth-order valence-corrected chi connectivity index (χ4v) is 2.61. The maximum absolute atomic E-state index is 12.1. The Kier molecular flexibility index (Phi) is 5.73. The molecule has 1 aliphatic heterocycles. The van der Waals surface area contributed by atoms with Crippen LogP contribution in [-0.4, -0.2) is 54.7 Å². The number of likely N-dealkylation sites (tertiary alicyclic amines) is 1. The molecule has 1 aromatic carbocycles. The van der Waals surface area contributed by atoms with Gasteiger partial charge in [0.05, 0.1) is 5.92 Å². The van der Waals surface area contributed by atoms with Crippen molar-refractivity contribution in [3.8, 4) is 0 Å². The third kappa shape index (κ3) is 4.81. The van der Waals surface area contributed by atoms with Crippen molar-refractivity contribution in [2.24, 2.45) is 5.92 Å². The van der Waals surface area contributed by atoms with E-state index in [2.05, 4.69) is 5.32 Å². The summed E-state index contributed by atoms with van der Waals surface area (Å²) in [6.07, 6.45) is 0.510. The van der Waals surface area contributed by atoms with Crippen molar-refractivity contribution in [3.63, 3.8) is 0 Å². The van der Waals surface area contributed by atoms with E-state index in [1.807, 2.05) is 30.3 Å². The molecule has 6 heteroatoms. The summed E-state index contributed by atoms with van der Waals surface area (Å²) in [6, 6.07) is 9.76. The third-order valence-corrected chi connectivity index (χ3v) is 4.04. The molecule has 23 heavy (non-hydrogen) atoms. The van der Waals surface area contributed by atoms with Gasteiger partial charge < -0.3 is 15.1 Å². The topological polar surface area (TPSA) is 69.7 Å². The van der Waals surface area contributed by atoms with Gasteiger partial charge in [0, 0.05) is 46.6 Å². The number of hydrogen-bond acceptors (Lipinski definition) is 3. The van der Waals surface area contributed by atoms with E-state index in [1.54, 1.807) is 23.9 Å². The molecule has 1 aromatic rings. The number of carbonyl (C=O) groups is 3. The second-order valence-corrected chi connectivity index (χ2v) is 5.95. The highest BCUT2D eigenvalue weighted by atomic mass is 16.2. The van der Waals surface area contributed by atoms with E-state index in [4.69, 9.17) is 0 Å². The number of hydrogen-bond donors (Lipinski definition) is 1. The first-order chi connectivity index (χ1) is 11.0. The van der Waals surface area contributed by atoms with E-state index >= 15 is 0 Å². The molecule has 0 spiro atoms. The summed E-state index contributed by atoms with van der Waals surface area (Å²) in [5.41, 5.74) is 1.07. The smallest absolute Gasteiger partial charge is 0.225 e. The van der Waals surface area contributed by atoms with Crippen molar-refractivity contribution in [2.75, 3.05) is 27.2 Å². The first-order valence-electron chi connectivity index (χ1n) is 7.77. The molecular weight excluding hydrogens is 294 g/mol. The maximum atomic E-state index is 12.1. The molecular formula is C17H23N3O3. The molecule has 1 atom stereocenters. The van der Waals surface area contributed by atoms with E-state index in [-0.39, 0.29) is 36.5 Å². The zero-order valence-corrected chi connectivity index (χ0v) is 13.6. The lowest BCUT2D eigenvalue weighted by atomic mass is 10.1. The van der Waals surface area contributed by atoms with Gasteiger partial charge in [-0.25, -0.2) is 0 Å². The normalized spacial score (nSPS) is 17.2. The van der Waals surface area contributed by atoms with E-state index in [0.29, 0.717) is 19.6 Å². The van der Waals surface area contributed by atoms with Crippen LogP contribution >= 0.6 is 0 Å². The van der Waals surface area contributed by atoms with Gasteiger partial charge >= 0.3 is 0 Å². The average molecular weight is 317 g/mol. The third-order valence-electron chi connectivity index (χ3n) is 4.04. The summed E-state index contributed by atoms with van der Waals surface area (Å²) in [5, 5.41) is 2.75. The van der Waals surface area contributed by atoms with Gasteiger partial charge in [-0.15, -0.1) is 0 Å². The quantitative estimate of drug-likeness (QED) is 0.836. The van der Waals surface area contributed by atoms with E-state index in [1.165, 1.54) is 0 Å². The fourth-order valence-electron chi connectivity index (χ4n) is 2.61. The first-order valence-corrected chi connectivity index (χ1v) is 7.77. The minimum Gasteiger partial charge on any atom is -0.355 e. The Bertz CT molecular complexity index is 574. The molecule has 2 rings (SSSR count). The molecule has 1 heterocycles. The Morgan fingerprint density at radius 1 is 1.30 bits per heavy atom. The number of nitrogens with one attached hydrogen (secondary N) is 1. The van der Waals surface area contributed by atoms with Crippen LogP contribution in [0.4, 0.5) is 0 Å². The van der Waals surface area contributed by atoms with Crippen LogP contribution < -0.4 is 5.32 Å². The predicted octanol–water partition coefficient (Wildman–Crippen LogP) is 0.630. The Hall–Kier alpha value is -2.37. The summed E-state index contributed by atoms with van der Waals surface area (Å²) >= 11 is 0. The van der Waals surface area contributed by atoms with Crippen LogP contribution in [0.15, 0.2) is 30.3 Å². The molecule has 1 fully saturated rings. The molecule has 1 aliphatic rings. The summed E-state index contributed by atoms with van der Waals surface area (Å²) in [7, 11) is 3.44. The van der Waals surface area contributed by atoms with Gasteiger partial charge in [0.15, 0.2) is 0 Å². The lowest BCUT2D eigenvalue weighted by Crippen LogP contribution is -2.35. The van der Waals surface area contributed by atoms with Crippen molar-refractivity contribution >= 4 is 17.7 Å². The van der Waals surface area contributed by atoms with Gasteiger partial charge in [-0.05, 0) is 5.56 Å². The molecule has 0 aliphatic carbocycles. The van der Waals surface area contributed by atoms with Crippen molar-refractivity contribution in [2.45, 2.75) is 19.4 Å². The van der Waals surface area contributed by atoms with E-state index in [9.17, 15) is 14.4 Å². The molecule has 0 aromatic heterocycles. The molecule has 1 N–H and O–H groups in total. The van der Waals surface area contributed by atoms with Gasteiger partial charge in [0.25, 0.3) is 0 Å². The van der Waals surface area contributed by atoms with Gasteiger partial charge in [-0.3, -0.25) is 14.4 Å². The van der Waals surface area contributed by atoms with Crippen molar-refractivity contribution in [1.82, 2.24) is 15.1 Å². The first kappa shape index (κ1) is 17.0. The van der Waals surface area contributed by atoms with Crippen molar-refractivity contribution < 1.29 is 14.4 Å². The molecule has 0 saturated carbocycles. The van der Waals surface area contributed by atoms with Crippen LogP contribution in [0.1, 0.15) is 18.4 Å². The largest absolute Gasteiger partial charge is 0.355 e. The average Bonchev–Trinajstić information content (AvgIpc) is 2.87. The zero-order valence-electron chi connectivity index (χ0n) is 13.6. The maximum Gasteiger partial charge on any atom is 0.225 e. The van der Waals surface area contributed by atoms with Crippen LogP contribution in [0.3, 0.4) is 0 Å². The van der Waals surface area contributed by atoms with Gasteiger partial charge in [-0.2, -0.15) is 0 Å². The number of nitrogens with zero attached hydrogens (tertiary/aromatic N) is 2. The summed E-state index contributed by atoms with van der Waals surface area (Å²) < 4.78 is 0. The lowest BCUT2D eigenvalue weighted by Gasteiger charge is -2.18. The Morgan fingerprint density at radius 2 is 2.00 bits per heavy atom. The second kappa shape index (κ2) is 7.76. The number of carbonyl (C=O) groups excluding carboxylic acids is 3. The molecule has 0 bridgehead atoms. The fraction of sp³-hybridized carbons (Fsp3) is 0.471. The Balaban J connectivity index is 1.70. The number of rotatable bonds is 6. The lowest BCUT2D eigenvalue weighted by molar-refractivity contribution is -0.131. The summed E-state index contributed by atoms with van der Waals surface area (Å²) in [5.74, 6) is -0.483. The highest BCUT2D eigenvalue weighted by Crippen LogP contribution is 2.15. The monoisotopic (exact) mass is 317 g/mol. The SMILES string of the molecule is CN(Cc1ccccc1)C(=O)CCNC(=O)C1CC(=O)N(C)C1. The summed E-state index contributed by atoms with van der Waals surface area (Å²) in [4.78, 5) is 38.7. The number of benzene rings is 1. The van der Waals surface area contributed by atoms with Crippen LogP contribution in [0.25, 0.3) is 0 Å². The van der Waals surface area contributed by atoms with Crippen molar-refractivity contribution in [1.29, 1.82) is 0 Å². The van der Waals surface area contributed by atoms with Crippen LogP contribution in [0.2, 0.25) is 0 Å². The highest BCUT2D eigenvalue weighted by molar-refractivity contribution is 5.89. The van der Waals surface area contributed by atoms with Crippen LogP contribution in [-0.2, 0) is 20.9 Å². The van der Waals surface area contributed by atoms with E-state index < -0.39 is 0 Å². The van der Waals surface area contributed by atoms with Crippen LogP contribution in [0, 0.1) is 5.92 Å². The van der Waals surface area contributed by atoms with E-state index in [0.717, 1.165) is 5.56 Å². The predicted molar refractivity (Wildman–Crippen MR) is 86.3 cm³/mol. The molecule has 6 nitrogen and oxygen atoms in total. The summed E-state index contributed by atoms with van der Waals surface area (Å²) in [6.45, 7) is 1.30. The van der Waals surface area contributed by atoms with Gasteiger partial charge in [0.2, 0.25) is 17.7 Å². The molecule has 1 saturated heterocycles. The van der Waals surface area contributed by atoms with Crippen molar-refractivity contribution in [3.05, 3.63) is 35.9 Å². The number of amides is 3. The minimum atomic E-state index is -0.301. The van der Waals surface area contributed by atoms with Gasteiger partial charge in [0.1, 0.15) is 0 Å². The minimum absolute atomic E-state index is 0.0104. The van der Waals surface area contributed by atoms with Crippen LogP contribution in [0.5, 0.6) is 0 Å². The molecule has 3 amide bonds. The molecule has 1 unspecified atom stereocenters. The van der Waals surface area contributed by atoms with Gasteiger partial charge in [-0.1, -0.05) is 30.3 Å². The zero-order chi connectivity index (χ0) is 16.8. The second-order valence-electron chi connectivity index (χ2n) is 5.95. The Labute approximate surface area is 136 Å². The standard InChI is InChI=1S/C17H23N3O3/c1-19(11-13-6-4-3-5-7-13)15(21)8-9-18-17(23)14-10-16(22)20(2)12-14/h3-7,14H,8-12H2,1-2H3,(H,18,23). The highest BCUT2D eigenvalue weighted by Gasteiger charge is 2.31. The molecule has 0 radical (unpaired) electrons.